The van der Waals surface area contributed by atoms with Gasteiger partial charge in [0.15, 0.2) is 0 Å². The molecule has 2 saturated heterocycles. The van der Waals surface area contributed by atoms with Gasteiger partial charge in [-0.3, -0.25) is 14.5 Å². The Morgan fingerprint density at radius 2 is 1.62 bits per heavy atom. The fourth-order valence-electron chi connectivity index (χ4n) is 5.11. The number of hydrogen-bond donors (Lipinski definition) is 1. The van der Waals surface area contributed by atoms with Gasteiger partial charge < -0.3 is 10.2 Å². The molecule has 178 valence electrons. The van der Waals surface area contributed by atoms with Crippen molar-refractivity contribution < 1.29 is 22.8 Å². The van der Waals surface area contributed by atoms with Gasteiger partial charge >= 0.3 is 6.03 Å². The van der Waals surface area contributed by atoms with Crippen LogP contribution in [-0.4, -0.2) is 73.1 Å². The third kappa shape index (κ3) is 3.67. The molecule has 1 spiro atoms. The molecule has 9 nitrogen and oxygen atoms in total. The molecule has 1 atom stereocenters. The second kappa shape index (κ2) is 8.52. The summed E-state index contributed by atoms with van der Waals surface area (Å²) in [4.78, 5) is 41.9. The van der Waals surface area contributed by atoms with Crippen LogP contribution < -0.4 is 5.32 Å². The van der Waals surface area contributed by atoms with Crippen molar-refractivity contribution in [2.75, 3.05) is 32.7 Å². The van der Waals surface area contributed by atoms with Crippen molar-refractivity contribution in [2.24, 2.45) is 0 Å². The first-order valence-corrected chi connectivity index (χ1v) is 12.8. The predicted molar refractivity (Wildman–Crippen MR) is 123 cm³/mol. The first kappa shape index (κ1) is 22.5. The van der Waals surface area contributed by atoms with Gasteiger partial charge in [-0.15, -0.1) is 0 Å². The van der Waals surface area contributed by atoms with E-state index in [-0.39, 0.29) is 43.5 Å². The van der Waals surface area contributed by atoms with E-state index in [2.05, 4.69) is 5.32 Å². The molecule has 2 fully saturated rings. The number of sulfonamides is 1. The highest BCUT2D eigenvalue weighted by atomic mass is 32.2. The quantitative estimate of drug-likeness (QED) is 0.661. The van der Waals surface area contributed by atoms with Gasteiger partial charge in [-0.2, -0.15) is 4.31 Å². The molecule has 0 saturated carbocycles. The van der Waals surface area contributed by atoms with E-state index in [1.165, 1.54) is 9.21 Å². The van der Waals surface area contributed by atoms with Gasteiger partial charge in [0.2, 0.25) is 15.9 Å². The molecule has 1 aliphatic carbocycles. The number of urea groups is 1. The van der Waals surface area contributed by atoms with Crippen molar-refractivity contribution in [3.05, 3.63) is 65.7 Å². The Kier molecular flexibility index (Phi) is 5.65. The lowest BCUT2D eigenvalue weighted by Gasteiger charge is -2.35. The molecular weight excluding hydrogens is 456 g/mol. The Hall–Kier alpha value is -3.24. The molecule has 0 radical (unpaired) electrons. The van der Waals surface area contributed by atoms with Crippen LogP contribution in [0.3, 0.4) is 0 Å². The van der Waals surface area contributed by atoms with Gasteiger partial charge in [0.05, 0.1) is 4.90 Å². The van der Waals surface area contributed by atoms with Crippen LogP contribution in [0.4, 0.5) is 4.79 Å². The Morgan fingerprint density at radius 3 is 2.35 bits per heavy atom. The van der Waals surface area contributed by atoms with E-state index in [1.807, 2.05) is 24.3 Å². The lowest BCUT2D eigenvalue weighted by molar-refractivity contribution is -0.140. The molecule has 1 N–H and O–H groups in total. The van der Waals surface area contributed by atoms with Gasteiger partial charge in [-0.25, -0.2) is 13.2 Å². The fraction of sp³-hybridized carbons (Fsp3) is 0.375. The predicted octanol–water partition coefficient (Wildman–Crippen LogP) is 1.30. The molecule has 0 unspecified atom stereocenters. The number of nitrogens with one attached hydrogen (secondary N) is 1. The number of benzene rings is 2. The molecule has 10 heteroatoms. The molecule has 0 bridgehead atoms. The molecule has 2 aliphatic heterocycles. The van der Waals surface area contributed by atoms with Crippen molar-refractivity contribution in [3.63, 3.8) is 0 Å². The number of imide groups is 1. The summed E-state index contributed by atoms with van der Waals surface area (Å²) in [6, 6.07) is 15.2. The summed E-state index contributed by atoms with van der Waals surface area (Å²) in [7, 11) is -3.63. The normalized spacial score (nSPS) is 23.2. The number of carbonyl (C=O) groups excluding carboxylic acids is 3. The minimum absolute atomic E-state index is 0.153. The Labute approximate surface area is 198 Å². The smallest absolute Gasteiger partial charge is 0.325 e. The van der Waals surface area contributed by atoms with E-state index in [4.69, 9.17) is 0 Å². The van der Waals surface area contributed by atoms with Crippen LogP contribution >= 0.6 is 0 Å². The monoisotopic (exact) mass is 482 g/mol. The zero-order valence-electron chi connectivity index (χ0n) is 18.6. The van der Waals surface area contributed by atoms with E-state index in [0.29, 0.717) is 6.42 Å². The number of rotatable bonds is 4. The highest BCUT2D eigenvalue weighted by molar-refractivity contribution is 7.89. The summed E-state index contributed by atoms with van der Waals surface area (Å²) in [6.45, 7) is 0.339. The summed E-state index contributed by atoms with van der Waals surface area (Å²) < 4.78 is 27.0. The first-order valence-electron chi connectivity index (χ1n) is 11.4. The lowest BCUT2D eigenvalue weighted by atomic mass is 9.76. The first-order chi connectivity index (χ1) is 16.3. The average molecular weight is 483 g/mol. The topological polar surface area (TPSA) is 107 Å². The number of fused-ring (bicyclic) bond motifs is 2. The lowest BCUT2D eigenvalue weighted by Crippen LogP contribution is -2.53. The fourth-order valence-corrected chi connectivity index (χ4v) is 6.55. The van der Waals surface area contributed by atoms with E-state index in [0.717, 1.165) is 28.9 Å². The molecule has 3 aliphatic rings. The minimum Gasteiger partial charge on any atom is -0.338 e. The van der Waals surface area contributed by atoms with Crippen LogP contribution in [-0.2, 0) is 31.6 Å². The van der Waals surface area contributed by atoms with Crippen LogP contribution in [0.5, 0.6) is 0 Å². The molecule has 2 aromatic rings. The average Bonchev–Trinajstić information content (AvgIpc) is 3.09. The second-order valence-corrected chi connectivity index (χ2v) is 10.8. The van der Waals surface area contributed by atoms with Crippen LogP contribution in [0.2, 0.25) is 0 Å². The van der Waals surface area contributed by atoms with Crippen LogP contribution in [0, 0.1) is 0 Å². The summed E-state index contributed by atoms with van der Waals surface area (Å²) in [5.74, 6) is -0.773. The molecule has 34 heavy (non-hydrogen) atoms. The number of carbonyl (C=O) groups is 3. The number of amides is 4. The molecule has 5 rings (SSSR count). The van der Waals surface area contributed by atoms with Gasteiger partial charge in [0, 0.05) is 26.2 Å². The zero-order chi connectivity index (χ0) is 23.9. The molecule has 4 amide bonds. The molecular formula is C24H26N4O5S. The summed E-state index contributed by atoms with van der Waals surface area (Å²) in [5, 5.41) is 2.86. The maximum Gasteiger partial charge on any atom is 0.325 e. The zero-order valence-corrected chi connectivity index (χ0v) is 19.5. The van der Waals surface area contributed by atoms with Gasteiger partial charge in [-0.1, -0.05) is 42.5 Å². The largest absolute Gasteiger partial charge is 0.338 e. The maximum absolute atomic E-state index is 13.4. The molecule has 2 aromatic carbocycles. The van der Waals surface area contributed by atoms with Crippen molar-refractivity contribution in [3.8, 4) is 0 Å². The number of aryl methyl sites for hydroxylation is 1. The maximum atomic E-state index is 13.4. The summed E-state index contributed by atoms with van der Waals surface area (Å²) >= 11 is 0. The number of hydrogen-bond acceptors (Lipinski definition) is 5. The van der Waals surface area contributed by atoms with Crippen molar-refractivity contribution in [1.29, 1.82) is 0 Å². The minimum atomic E-state index is -3.63. The second-order valence-electron chi connectivity index (χ2n) is 8.84. The van der Waals surface area contributed by atoms with Gasteiger partial charge in [-0.05, 0) is 42.5 Å². The molecule has 0 aromatic heterocycles. The standard InChI is InChI=1S/C24H26N4O5S/c29-21(26-13-15-27(16-14-26)34(32,33)19-9-2-1-3-10-19)17-28-22(30)24(25-23(28)31)12-6-8-18-7-4-5-11-20(18)24/h1-5,7,9-11H,6,8,12-17H2,(H,25,31)/t24-/m1/s1. The van der Waals surface area contributed by atoms with Gasteiger partial charge in [0.25, 0.3) is 5.91 Å². The van der Waals surface area contributed by atoms with Crippen LogP contribution in [0.1, 0.15) is 24.0 Å². The highest BCUT2D eigenvalue weighted by Crippen LogP contribution is 2.39. The third-order valence-electron chi connectivity index (χ3n) is 6.92. The highest BCUT2D eigenvalue weighted by Gasteiger charge is 2.54. The number of piperazine rings is 1. The Morgan fingerprint density at radius 1 is 0.941 bits per heavy atom. The summed E-state index contributed by atoms with van der Waals surface area (Å²) in [5.41, 5.74) is 0.717. The van der Waals surface area contributed by atoms with Crippen molar-refractivity contribution >= 4 is 27.9 Å². The van der Waals surface area contributed by atoms with Crippen molar-refractivity contribution in [2.45, 2.75) is 29.7 Å². The van der Waals surface area contributed by atoms with E-state index >= 15 is 0 Å². The SMILES string of the molecule is O=C(CN1C(=O)N[C@@]2(CCCc3ccccc32)C1=O)N1CCN(S(=O)(=O)c2ccccc2)CC1. The van der Waals surface area contributed by atoms with Crippen LogP contribution in [0.25, 0.3) is 0 Å². The van der Waals surface area contributed by atoms with Gasteiger partial charge in [0.1, 0.15) is 12.1 Å². The third-order valence-corrected chi connectivity index (χ3v) is 8.83. The molecule has 2 heterocycles. The summed E-state index contributed by atoms with van der Waals surface area (Å²) in [6.07, 6.45) is 2.11. The van der Waals surface area contributed by atoms with E-state index < -0.39 is 27.5 Å². The van der Waals surface area contributed by atoms with Crippen LogP contribution in [0.15, 0.2) is 59.5 Å². The number of nitrogens with zero attached hydrogens (tertiary/aromatic N) is 3. The Balaban J connectivity index is 1.26. The van der Waals surface area contributed by atoms with E-state index in [9.17, 15) is 22.8 Å². The van der Waals surface area contributed by atoms with Crippen molar-refractivity contribution in [1.82, 2.24) is 19.4 Å². The Bertz CT molecular complexity index is 1240. The van der Waals surface area contributed by atoms with E-state index in [1.54, 1.807) is 30.3 Å².